The van der Waals surface area contributed by atoms with Gasteiger partial charge in [-0.15, -0.1) is 0 Å². The van der Waals surface area contributed by atoms with Crippen molar-refractivity contribution < 1.29 is 4.79 Å². The van der Waals surface area contributed by atoms with Crippen LogP contribution in [0.4, 0.5) is 5.82 Å². The molecule has 0 aliphatic heterocycles. The van der Waals surface area contributed by atoms with E-state index in [0.717, 1.165) is 5.69 Å². The van der Waals surface area contributed by atoms with Gasteiger partial charge in [0.25, 0.3) is 0 Å². The summed E-state index contributed by atoms with van der Waals surface area (Å²) in [6.07, 6.45) is 5.13. The molecule has 0 radical (unpaired) electrons. The maximum Gasteiger partial charge on any atom is 0.212 e. The van der Waals surface area contributed by atoms with Crippen molar-refractivity contribution >= 4 is 23.1 Å². The standard InChI is InChI=1S/C10H11N.C8H11N3O/c1-8-3-4-10-9(7-8)5-6-11(10)2;1-8(2-3-8)6-4-7(9-5-12)11-10-6/h3-7H,1-2H3;4-5H,2-3H2,1H3,(H2,9,10,11,12). The fraction of sp³-hybridized carbons (Fsp3) is 0.333. The van der Waals surface area contributed by atoms with E-state index in [9.17, 15) is 4.79 Å². The highest BCUT2D eigenvalue weighted by atomic mass is 16.1. The quantitative estimate of drug-likeness (QED) is 0.727. The number of hydrogen-bond donors (Lipinski definition) is 2. The number of H-pyrrole nitrogens is 1. The SMILES string of the molecule is CC1(c2cc(NC=O)n[nH]2)CC1.Cc1ccc2c(ccn2C)c1. The van der Waals surface area contributed by atoms with Gasteiger partial charge in [0, 0.05) is 35.9 Å². The Bertz CT molecular complexity index is 827. The Hall–Kier alpha value is -2.56. The van der Waals surface area contributed by atoms with Crippen LogP contribution in [-0.4, -0.2) is 21.2 Å². The van der Waals surface area contributed by atoms with Crippen LogP contribution < -0.4 is 5.32 Å². The van der Waals surface area contributed by atoms with Crippen LogP contribution in [-0.2, 0) is 17.3 Å². The van der Waals surface area contributed by atoms with Crippen molar-refractivity contribution in [3.63, 3.8) is 0 Å². The molecule has 1 aliphatic carbocycles. The van der Waals surface area contributed by atoms with Crippen LogP contribution in [0.1, 0.15) is 31.0 Å². The molecule has 3 aromatic rings. The second-order valence-corrected chi connectivity index (χ2v) is 6.48. The van der Waals surface area contributed by atoms with Gasteiger partial charge in [-0.2, -0.15) is 5.10 Å². The number of amides is 1. The van der Waals surface area contributed by atoms with Crippen LogP contribution in [0.15, 0.2) is 36.5 Å². The van der Waals surface area contributed by atoms with E-state index in [-0.39, 0.29) is 5.41 Å². The second kappa shape index (κ2) is 5.91. The number of aryl methyl sites for hydroxylation is 2. The van der Waals surface area contributed by atoms with Gasteiger partial charge in [-0.3, -0.25) is 9.89 Å². The number of anilines is 1. The molecular weight excluding hydrogens is 288 g/mol. The number of hydrogen-bond acceptors (Lipinski definition) is 2. The van der Waals surface area contributed by atoms with Gasteiger partial charge in [0.15, 0.2) is 5.82 Å². The maximum absolute atomic E-state index is 10.1. The van der Waals surface area contributed by atoms with E-state index in [0.29, 0.717) is 12.2 Å². The van der Waals surface area contributed by atoms with Crippen LogP contribution in [0.25, 0.3) is 10.9 Å². The molecule has 1 saturated carbocycles. The minimum absolute atomic E-state index is 0.288. The van der Waals surface area contributed by atoms with Crippen LogP contribution >= 0.6 is 0 Å². The fourth-order valence-corrected chi connectivity index (χ4v) is 2.62. The maximum atomic E-state index is 10.1. The molecule has 120 valence electrons. The Morgan fingerprint density at radius 1 is 1.30 bits per heavy atom. The topological polar surface area (TPSA) is 62.7 Å². The van der Waals surface area contributed by atoms with E-state index in [1.165, 1.54) is 29.3 Å². The number of benzene rings is 1. The molecule has 1 amide bonds. The van der Waals surface area contributed by atoms with Gasteiger partial charge in [0.2, 0.25) is 6.41 Å². The zero-order valence-electron chi connectivity index (χ0n) is 13.8. The normalized spacial score (nSPS) is 14.9. The minimum atomic E-state index is 0.288. The lowest BCUT2D eigenvalue weighted by Crippen LogP contribution is -1.99. The van der Waals surface area contributed by atoms with Gasteiger partial charge in [-0.25, -0.2) is 0 Å². The Labute approximate surface area is 135 Å². The van der Waals surface area contributed by atoms with Crippen LogP contribution in [0, 0.1) is 6.92 Å². The average Bonchev–Trinajstić information content (AvgIpc) is 2.96. The smallest absolute Gasteiger partial charge is 0.212 e. The Morgan fingerprint density at radius 3 is 2.78 bits per heavy atom. The highest BCUT2D eigenvalue weighted by Crippen LogP contribution is 2.46. The highest BCUT2D eigenvalue weighted by Gasteiger charge is 2.40. The predicted octanol–water partition coefficient (Wildman–Crippen LogP) is 3.52. The molecule has 2 aromatic heterocycles. The van der Waals surface area contributed by atoms with Crippen LogP contribution in [0.3, 0.4) is 0 Å². The molecule has 1 aliphatic rings. The first kappa shape index (κ1) is 15.3. The number of fused-ring (bicyclic) bond motifs is 1. The third-order valence-corrected chi connectivity index (χ3v) is 4.48. The summed E-state index contributed by atoms with van der Waals surface area (Å²) in [7, 11) is 2.07. The average molecular weight is 310 g/mol. The largest absolute Gasteiger partial charge is 0.351 e. The Kier molecular flexibility index (Phi) is 3.94. The van der Waals surface area contributed by atoms with E-state index >= 15 is 0 Å². The van der Waals surface area contributed by atoms with E-state index < -0.39 is 0 Å². The lowest BCUT2D eigenvalue weighted by atomic mass is 10.1. The van der Waals surface area contributed by atoms with Crippen molar-refractivity contribution in [3.8, 4) is 0 Å². The van der Waals surface area contributed by atoms with Crippen molar-refractivity contribution in [1.82, 2.24) is 14.8 Å². The molecule has 23 heavy (non-hydrogen) atoms. The van der Waals surface area contributed by atoms with Gasteiger partial charge < -0.3 is 9.88 Å². The van der Waals surface area contributed by atoms with Crippen molar-refractivity contribution in [2.24, 2.45) is 7.05 Å². The number of aromatic amines is 1. The third kappa shape index (κ3) is 3.28. The molecule has 5 nitrogen and oxygen atoms in total. The van der Waals surface area contributed by atoms with E-state index in [1.54, 1.807) is 0 Å². The molecule has 0 atom stereocenters. The van der Waals surface area contributed by atoms with Gasteiger partial charge in [-0.1, -0.05) is 18.6 Å². The molecule has 2 N–H and O–H groups in total. The van der Waals surface area contributed by atoms with Gasteiger partial charge in [-0.05, 0) is 43.4 Å². The first-order chi connectivity index (χ1) is 11.0. The zero-order valence-corrected chi connectivity index (χ0v) is 13.8. The Balaban J connectivity index is 0.000000136. The van der Waals surface area contributed by atoms with Crippen molar-refractivity contribution in [1.29, 1.82) is 0 Å². The summed E-state index contributed by atoms with van der Waals surface area (Å²) >= 11 is 0. The monoisotopic (exact) mass is 310 g/mol. The summed E-state index contributed by atoms with van der Waals surface area (Å²) < 4.78 is 2.13. The van der Waals surface area contributed by atoms with Crippen molar-refractivity contribution in [3.05, 3.63) is 47.8 Å². The predicted molar refractivity (Wildman–Crippen MR) is 92.5 cm³/mol. The number of nitrogens with one attached hydrogen (secondary N) is 2. The summed E-state index contributed by atoms with van der Waals surface area (Å²) in [6, 6.07) is 10.5. The molecule has 0 spiro atoms. The Morgan fingerprint density at radius 2 is 2.09 bits per heavy atom. The number of rotatable bonds is 3. The molecule has 2 heterocycles. The molecule has 1 aromatic carbocycles. The summed E-state index contributed by atoms with van der Waals surface area (Å²) in [6.45, 7) is 4.30. The summed E-state index contributed by atoms with van der Waals surface area (Å²) in [5.74, 6) is 0.605. The second-order valence-electron chi connectivity index (χ2n) is 6.48. The van der Waals surface area contributed by atoms with Gasteiger partial charge in [0.05, 0.1) is 0 Å². The zero-order chi connectivity index (χ0) is 16.4. The molecule has 1 fully saturated rings. The lowest BCUT2D eigenvalue weighted by molar-refractivity contribution is -0.105. The lowest BCUT2D eigenvalue weighted by Gasteiger charge is -2.01. The number of carbonyl (C=O) groups is 1. The molecule has 4 rings (SSSR count). The first-order valence-corrected chi connectivity index (χ1v) is 7.80. The minimum Gasteiger partial charge on any atom is -0.351 e. The molecule has 0 bridgehead atoms. The van der Waals surface area contributed by atoms with Gasteiger partial charge in [0.1, 0.15) is 0 Å². The summed E-state index contributed by atoms with van der Waals surface area (Å²) in [4.78, 5) is 10.1. The summed E-state index contributed by atoms with van der Waals surface area (Å²) in [5.41, 5.74) is 4.03. The van der Waals surface area contributed by atoms with Crippen LogP contribution in [0.2, 0.25) is 0 Å². The van der Waals surface area contributed by atoms with Crippen LogP contribution in [0.5, 0.6) is 0 Å². The van der Waals surface area contributed by atoms with E-state index in [2.05, 4.69) is 71.4 Å². The molecule has 0 unspecified atom stereocenters. The number of nitrogens with zero attached hydrogens (tertiary/aromatic N) is 2. The van der Waals surface area contributed by atoms with Crippen molar-refractivity contribution in [2.45, 2.75) is 32.1 Å². The molecule has 0 saturated heterocycles. The number of aromatic nitrogens is 3. The highest BCUT2D eigenvalue weighted by molar-refractivity contribution is 5.80. The third-order valence-electron chi connectivity index (χ3n) is 4.48. The van der Waals surface area contributed by atoms with E-state index in [4.69, 9.17) is 0 Å². The van der Waals surface area contributed by atoms with Gasteiger partial charge >= 0.3 is 0 Å². The van der Waals surface area contributed by atoms with E-state index in [1.807, 2.05) is 6.07 Å². The first-order valence-electron chi connectivity index (χ1n) is 7.80. The summed E-state index contributed by atoms with van der Waals surface area (Å²) in [5, 5.41) is 10.7. The fourth-order valence-electron chi connectivity index (χ4n) is 2.62. The molecular formula is C18H22N4O. The van der Waals surface area contributed by atoms with Crippen molar-refractivity contribution in [2.75, 3.05) is 5.32 Å². The number of carbonyl (C=O) groups excluding carboxylic acids is 1. The molecule has 5 heteroatoms.